The van der Waals surface area contributed by atoms with Gasteiger partial charge in [0.15, 0.2) is 0 Å². The number of aliphatic hydroxyl groups is 1. The van der Waals surface area contributed by atoms with E-state index in [0.29, 0.717) is 12.3 Å². The lowest BCUT2D eigenvalue weighted by Crippen LogP contribution is -2.38. The summed E-state index contributed by atoms with van der Waals surface area (Å²) in [5.41, 5.74) is -0.504. The van der Waals surface area contributed by atoms with Gasteiger partial charge in [0, 0.05) is 6.61 Å². The van der Waals surface area contributed by atoms with Crippen LogP contribution in [-0.4, -0.2) is 29.4 Å². The van der Waals surface area contributed by atoms with Crippen molar-refractivity contribution in [2.45, 2.75) is 52.7 Å². The molecule has 0 radical (unpaired) electrons. The Morgan fingerprint density at radius 3 is 2.35 bits per heavy atom. The van der Waals surface area contributed by atoms with E-state index in [1.165, 1.54) is 0 Å². The summed E-state index contributed by atoms with van der Waals surface area (Å²) in [6.07, 6.45) is 3.93. The van der Waals surface area contributed by atoms with Crippen molar-refractivity contribution in [3.8, 4) is 0 Å². The number of rotatable bonds is 5. The van der Waals surface area contributed by atoms with Crippen molar-refractivity contribution in [3.05, 3.63) is 12.2 Å². The molecule has 0 bridgehead atoms. The van der Waals surface area contributed by atoms with Crippen LogP contribution in [0.3, 0.4) is 0 Å². The summed E-state index contributed by atoms with van der Waals surface area (Å²) in [4.78, 5) is 11.5. The van der Waals surface area contributed by atoms with E-state index in [0.717, 1.165) is 0 Å². The fourth-order valence-corrected chi connectivity index (χ4v) is 1.17. The first kappa shape index (κ1) is 16.0. The molecule has 0 aliphatic heterocycles. The van der Waals surface area contributed by atoms with E-state index in [1.54, 1.807) is 0 Å². The van der Waals surface area contributed by atoms with E-state index >= 15 is 0 Å². The van der Waals surface area contributed by atoms with Gasteiger partial charge in [0.2, 0.25) is 0 Å². The third kappa shape index (κ3) is 9.87. The Hall–Kier alpha value is -1.03. The normalized spacial score (nSPS) is 14.1. The van der Waals surface area contributed by atoms with Gasteiger partial charge in [0.05, 0.1) is 6.04 Å². The first-order valence-electron chi connectivity index (χ1n) is 6.03. The number of carbonyl (C=O) groups is 1. The molecule has 0 saturated heterocycles. The molecule has 0 aliphatic rings. The molecule has 0 heterocycles. The topological polar surface area (TPSA) is 58.6 Å². The Labute approximate surface area is 104 Å². The predicted molar refractivity (Wildman–Crippen MR) is 68.8 cm³/mol. The smallest absolute Gasteiger partial charge is 0.408 e. The van der Waals surface area contributed by atoms with Gasteiger partial charge in [-0.05, 0) is 33.1 Å². The summed E-state index contributed by atoms with van der Waals surface area (Å²) in [6.45, 7) is 9.59. The fraction of sp³-hybridized carbons (Fsp3) is 0.769. The number of hydrogen-bond donors (Lipinski definition) is 2. The zero-order chi connectivity index (χ0) is 13.5. The van der Waals surface area contributed by atoms with Crippen LogP contribution in [0.1, 0.15) is 41.0 Å². The quantitative estimate of drug-likeness (QED) is 0.729. The highest BCUT2D eigenvalue weighted by Gasteiger charge is 2.18. The molecule has 0 aromatic carbocycles. The molecule has 1 amide bonds. The second kappa shape index (κ2) is 7.33. The molecule has 0 fully saturated rings. The number of carbonyl (C=O) groups excluding carboxylic acids is 1. The van der Waals surface area contributed by atoms with Crippen LogP contribution in [0.25, 0.3) is 0 Å². The lowest BCUT2D eigenvalue weighted by molar-refractivity contribution is 0.0509. The summed E-state index contributed by atoms with van der Waals surface area (Å²) >= 11 is 0. The molecule has 4 heteroatoms. The largest absolute Gasteiger partial charge is 0.444 e. The Kier molecular flexibility index (Phi) is 6.88. The Morgan fingerprint density at radius 1 is 1.35 bits per heavy atom. The summed E-state index contributed by atoms with van der Waals surface area (Å²) in [6, 6.07) is -0.183. The number of hydrogen-bond acceptors (Lipinski definition) is 3. The lowest BCUT2D eigenvalue weighted by atomic mass is 10.1. The van der Waals surface area contributed by atoms with Crippen LogP contribution in [0.2, 0.25) is 0 Å². The molecule has 0 spiro atoms. The lowest BCUT2D eigenvalue weighted by Gasteiger charge is -2.22. The standard InChI is InChI=1S/C13H25NO3/c1-10(2)6-7-11(8-9-15)14-12(16)17-13(3,4)5/h6-7,10-11,15H,8-9H2,1-5H3,(H,14,16)/b7-6+. The maximum atomic E-state index is 11.5. The highest BCUT2D eigenvalue weighted by atomic mass is 16.6. The Morgan fingerprint density at radius 2 is 1.94 bits per heavy atom. The summed E-state index contributed by atoms with van der Waals surface area (Å²) in [5, 5.41) is 11.6. The van der Waals surface area contributed by atoms with Crippen molar-refractivity contribution >= 4 is 6.09 Å². The van der Waals surface area contributed by atoms with Gasteiger partial charge in [-0.15, -0.1) is 0 Å². The first-order chi connectivity index (χ1) is 7.74. The molecule has 1 unspecified atom stereocenters. The van der Waals surface area contributed by atoms with E-state index in [1.807, 2.05) is 32.9 Å². The summed E-state index contributed by atoms with van der Waals surface area (Å²) < 4.78 is 5.16. The van der Waals surface area contributed by atoms with Crippen LogP contribution in [0, 0.1) is 5.92 Å². The zero-order valence-corrected chi connectivity index (χ0v) is 11.5. The number of amides is 1. The van der Waals surface area contributed by atoms with E-state index in [2.05, 4.69) is 19.2 Å². The maximum absolute atomic E-state index is 11.5. The highest BCUT2D eigenvalue weighted by molar-refractivity contribution is 5.68. The molecule has 0 rings (SSSR count). The fourth-order valence-electron chi connectivity index (χ4n) is 1.17. The SMILES string of the molecule is CC(C)/C=C/C(CCO)NC(=O)OC(C)(C)C. The molecule has 17 heavy (non-hydrogen) atoms. The van der Waals surface area contributed by atoms with Gasteiger partial charge in [0.25, 0.3) is 0 Å². The second-order valence-corrected chi connectivity index (χ2v) is 5.39. The number of alkyl carbamates (subject to hydrolysis) is 1. The predicted octanol–water partition coefficient (Wildman–Crippen LogP) is 2.47. The summed E-state index contributed by atoms with van der Waals surface area (Å²) in [5.74, 6) is 0.414. The average Bonchev–Trinajstić information content (AvgIpc) is 2.11. The molecule has 0 aromatic heterocycles. The van der Waals surface area contributed by atoms with Gasteiger partial charge in [-0.3, -0.25) is 0 Å². The molecule has 100 valence electrons. The molecule has 2 N–H and O–H groups in total. The van der Waals surface area contributed by atoms with Gasteiger partial charge >= 0.3 is 6.09 Å². The minimum absolute atomic E-state index is 0.0307. The molecule has 0 saturated carbocycles. The van der Waals surface area contributed by atoms with E-state index in [4.69, 9.17) is 9.84 Å². The van der Waals surface area contributed by atoms with Crippen LogP contribution >= 0.6 is 0 Å². The van der Waals surface area contributed by atoms with Crippen molar-refractivity contribution in [3.63, 3.8) is 0 Å². The maximum Gasteiger partial charge on any atom is 0.408 e. The van der Waals surface area contributed by atoms with Crippen LogP contribution in [-0.2, 0) is 4.74 Å². The minimum atomic E-state index is -0.504. The van der Waals surface area contributed by atoms with Crippen LogP contribution in [0.5, 0.6) is 0 Å². The van der Waals surface area contributed by atoms with E-state index in [-0.39, 0.29) is 12.6 Å². The van der Waals surface area contributed by atoms with Crippen LogP contribution in [0.15, 0.2) is 12.2 Å². The van der Waals surface area contributed by atoms with Crippen LogP contribution in [0.4, 0.5) is 4.79 Å². The summed E-state index contributed by atoms with van der Waals surface area (Å²) in [7, 11) is 0. The van der Waals surface area contributed by atoms with E-state index in [9.17, 15) is 4.79 Å². The number of aliphatic hydroxyl groups excluding tert-OH is 1. The number of nitrogens with one attached hydrogen (secondary N) is 1. The van der Waals surface area contributed by atoms with Crippen molar-refractivity contribution in [2.75, 3.05) is 6.61 Å². The average molecular weight is 243 g/mol. The third-order valence-corrected chi connectivity index (χ3v) is 1.87. The number of ether oxygens (including phenoxy) is 1. The highest BCUT2D eigenvalue weighted by Crippen LogP contribution is 2.07. The Bertz CT molecular complexity index is 254. The molecular weight excluding hydrogens is 218 g/mol. The van der Waals surface area contributed by atoms with Gasteiger partial charge in [0.1, 0.15) is 5.60 Å². The van der Waals surface area contributed by atoms with Gasteiger partial charge in [-0.1, -0.05) is 26.0 Å². The number of allylic oxidation sites excluding steroid dienone is 1. The van der Waals surface area contributed by atoms with Crippen molar-refractivity contribution < 1.29 is 14.6 Å². The third-order valence-electron chi connectivity index (χ3n) is 1.87. The molecule has 0 aromatic rings. The van der Waals surface area contributed by atoms with E-state index < -0.39 is 11.7 Å². The monoisotopic (exact) mass is 243 g/mol. The molecule has 4 nitrogen and oxygen atoms in total. The first-order valence-corrected chi connectivity index (χ1v) is 6.03. The second-order valence-electron chi connectivity index (χ2n) is 5.39. The van der Waals surface area contributed by atoms with Gasteiger partial charge in [-0.25, -0.2) is 4.79 Å². The molecule has 0 aliphatic carbocycles. The molecule has 1 atom stereocenters. The van der Waals surface area contributed by atoms with Crippen molar-refractivity contribution in [2.24, 2.45) is 5.92 Å². The molecular formula is C13H25NO3. The van der Waals surface area contributed by atoms with Crippen molar-refractivity contribution in [1.82, 2.24) is 5.32 Å². The zero-order valence-electron chi connectivity index (χ0n) is 11.5. The van der Waals surface area contributed by atoms with Crippen LogP contribution < -0.4 is 5.32 Å². The van der Waals surface area contributed by atoms with Gasteiger partial charge in [-0.2, -0.15) is 0 Å². The minimum Gasteiger partial charge on any atom is -0.444 e. The Balaban J connectivity index is 4.29. The van der Waals surface area contributed by atoms with Crippen molar-refractivity contribution in [1.29, 1.82) is 0 Å². The van der Waals surface area contributed by atoms with Gasteiger partial charge < -0.3 is 15.2 Å².